The van der Waals surface area contributed by atoms with Crippen molar-refractivity contribution >= 4 is 11.7 Å². The Morgan fingerprint density at radius 3 is 2.26 bits per heavy atom. The molecule has 0 saturated carbocycles. The van der Waals surface area contributed by atoms with Crippen molar-refractivity contribution < 1.29 is 4.79 Å². The van der Waals surface area contributed by atoms with Gasteiger partial charge in [0.05, 0.1) is 0 Å². The van der Waals surface area contributed by atoms with Gasteiger partial charge in [0, 0.05) is 78.4 Å². The Bertz CT molecular complexity index is 1100. The van der Waals surface area contributed by atoms with Crippen LogP contribution < -0.4 is 21.5 Å². The second kappa shape index (κ2) is 11.7. The molecule has 9 nitrogen and oxygen atoms in total. The third kappa shape index (κ3) is 6.41. The summed E-state index contributed by atoms with van der Waals surface area (Å²) in [5.41, 5.74) is 0.733. The quantitative estimate of drug-likeness (QED) is 0.556. The largest absolute Gasteiger partial charge is 0.358 e. The van der Waals surface area contributed by atoms with Crippen LogP contribution in [0.3, 0.4) is 0 Å². The van der Waals surface area contributed by atoms with Crippen molar-refractivity contribution in [1.29, 1.82) is 0 Å². The molecule has 0 atom stereocenters. The molecule has 2 saturated heterocycles. The Kier molecular flexibility index (Phi) is 8.41. The summed E-state index contributed by atoms with van der Waals surface area (Å²) in [7, 11) is 3.16. The third-order valence-corrected chi connectivity index (χ3v) is 7.35. The standard InChI is InChI=1S/C26H38N6O3/c1-28-23(19-24(33)29(2)26(28)35)32-13-9-22(10-14-32)25(34)27-11-6-12-30-15-17-31(18-16-30)20-21-7-4-3-5-8-21/h3-5,7-8,19,22H,6,9-18,20H2,1-2H3,(H,27,34). The molecule has 1 amide bonds. The monoisotopic (exact) mass is 482 g/mol. The van der Waals surface area contributed by atoms with E-state index in [0.29, 0.717) is 25.5 Å². The van der Waals surface area contributed by atoms with Crippen LogP contribution in [0.4, 0.5) is 5.82 Å². The first-order chi connectivity index (χ1) is 16.9. The van der Waals surface area contributed by atoms with Crippen molar-refractivity contribution in [2.75, 3.05) is 57.3 Å². The number of amides is 1. The molecule has 190 valence electrons. The molecule has 9 heteroatoms. The van der Waals surface area contributed by atoms with E-state index in [1.807, 2.05) is 4.90 Å². The van der Waals surface area contributed by atoms with Crippen molar-refractivity contribution in [3.05, 3.63) is 62.8 Å². The van der Waals surface area contributed by atoms with Crippen molar-refractivity contribution in [3.8, 4) is 0 Å². The Balaban J connectivity index is 1.13. The molecule has 2 aliphatic rings. The molecule has 1 N–H and O–H groups in total. The first-order valence-electron chi connectivity index (χ1n) is 12.7. The van der Waals surface area contributed by atoms with E-state index < -0.39 is 0 Å². The number of rotatable bonds is 8. The highest BCUT2D eigenvalue weighted by molar-refractivity contribution is 5.78. The highest BCUT2D eigenvalue weighted by atomic mass is 16.2. The Hall–Kier alpha value is -2.91. The fraction of sp³-hybridized carbons (Fsp3) is 0.577. The summed E-state index contributed by atoms with van der Waals surface area (Å²) in [4.78, 5) is 43.9. The Morgan fingerprint density at radius 1 is 0.914 bits per heavy atom. The van der Waals surface area contributed by atoms with Crippen LogP contribution in [0.1, 0.15) is 24.8 Å². The lowest BCUT2D eigenvalue weighted by molar-refractivity contribution is -0.125. The highest BCUT2D eigenvalue weighted by Crippen LogP contribution is 2.21. The first-order valence-corrected chi connectivity index (χ1v) is 12.7. The molecule has 0 spiro atoms. The van der Waals surface area contributed by atoms with Gasteiger partial charge in [-0.05, 0) is 31.4 Å². The zero-order valence-corrected chi connectivity index (χ0v) is 21.0. The van der Waals surface area contributed by atoms with Crippen LogP contribution >= 0.6 is 0 Å². The molecule has 4 rings (SSSR count). The molecule has 2 fully saturated rings. The van der Waals surface area contributed by atoms with Gasteiger partial charge in [-0.15, -0.1) is 0 Å². The van der Waals surface area contributed by atoms with Crippen LogP contribution in [0, 0.1) is 5.92 Å². The fourth-order valence-corrected chi connectivity index (χ4v) is 5.07. The Morgan fingerprint density at radius 2 is 1.57 bits per heavy atom. The van der Waals surface area contributed by atoms with Crippen molar-refractivity contribution in [2.45, 2.75) is 25.8 Å². The lowest BCUT2D eigenvalue weighted by Crippen LogP contribution is -2.47. The van der Waals surface area contributed by atoms with Crippen molar-refractivity contribution in [1.82, 2.24) is 24.3 Å². The second-order valence-corrected chi connectivity index (χ2v) is 9.75. The van der Waals surface area contributed by atoms with E-state index in [0.717, 1.165) is 63.1 Å². The number of aromatic nitrogens is 2. The smallest absolute Gasteiger partial charge is 0.332 e. The van der Waals surface area contributed by atoms with Gasteiger partial charge in [-0.2, -0.15) is 0 Å². The average molecular weight is 483 g/mol. The summed E-state index contributed by atoms with van der Waals surface area (Å²) < 4.78 is 2.61. The van der Waals surface area contributed by atoms with Gasteiger partial charge in [-0.25, -0.2) is 4.79 Å². The molecule has 2 aromatic rings. The van der Waals surface area contributed by atoms with Gasteiger partial charge in [0.25, 0.3) is 5.56 Å². The van der Waals surface area contributed by atoms with E-state index in [1.165, 1.54) is 23.2 Å². The first kappa shape index (κ1) is 25.2. The number of nitrogens with one attached hydrogen (secondary N) is 1. The number of nitrogens with zero attached hydrogens (tertiary/aromatic N) is 5. The van der Waals surface area contributed by atoms with Gasteiger partial charge in [-0.1, -0.05) is 30.3 Å². The number of benzene rings is 1. The minimum absolute atomic E-state index is 0.0173. The zero-order valence-electron chi connectivity index (χ0n) is 21.0. The van der Waals surface area contributed by atoms with E-state index in [4.69, 9.17) is 0 Å². The van der Waals surface area contributed by atoms with Crippen LogP contribution in [0.2, 0.25) is 0 Å². The number of carbonyl (C=O) groups excluding carboxylic acids is 1. The number of carbonyl (C=O) groups is 1. The zero-order chi connectivity index (χ0) is 24.8. The summed E-state index contributed by atoms with van der Waals surface area (Å²) in [6.45, 7) is 8.35. The summed E-state index contributed by atoms with van der Waals surface area (Å²) in [5, 5.41) is 3.12. The van der Waals surface area contributed by atoms with Crippen LogP contribution in [0.25, 0.3) is 0 Å². The molecule has 0 radical (unpaired) electrons. The van der Waals surface area contributed by atoms with Gasteiger partial charge in [0.2, 0.25) is 5.91 Å². The SMILES string of the molecule is Cn1c(N2CCC(C(=O)NCCCN3CCN(Cc4ccccc4)CC3)CC2)cc(=O)n(C)c1=O. The van der Waals surface area contributed by atoms with Gasteiger partial charge in [0.1, 0.15) is 5.82 Å². The van der Waals surface area contributed by atoms with Crippen LogP contribution in [0.5, 0.6) is 0 Å². The number of hydrogen-bond acceptors (Lipinski definition) is 6. The number of piperidine rings is 1. The van der Waals surface area contributed by atoms with Crippen LogP contribution in [-0.2, 0) is 25.4 Å². The van der Waals surface area contributed by atoms with Crippen molar-refractivity contribution in [3.63, 3.8) is 0 Å². The number of hydrogen-bond donors (Lipinski definition) is 1. The summed E-state index contributed by atoms with van der Waals surface area (Å²) in [5.74, 6) is 0.729. The summed E-state index contributed by atoms with van der Waals surface area (Å²) in [6, 6.07) is 12.1. The molecule has 2 aliphatic heterocycles. The Labute approximate surface area is 206 Å². The highest BCUT2D eigenvalue weighted by Gasteiger charge is 2.26. The molecule has 35 heavy (non-hydrogen) atoms. The maximum Gasteiger partial charge on any atom is 0.332 e. The lowest BCUT2D eigenvalue weighted by Gasteiger charge is -2.35. The number of piperazine rings is 1. The molecule has 1 aromatic heterocycles. The van der Waals surface area contributed by atoms with E-state index in [1.54, 1.807) is 7.05 Å². The van der Waals surface area contributed by atoms with Crippen LogP contribution in [0.15, 0.2) is 46.0 Å². The van der Waals surface area contributed by atoms with Crippen LogP contribution in [-0.4, -0.2) is 77.2 Å². The summed E-state index contributed by atoms with van der Waals surface area (Å²) in [6.07, 6.45) is 2.40. The molecular formula is C26H38N6O3. The maximum absolute atomic E-state index is 12.7. The molecule has 1 aromatic carbocycles. The second-order valence-electron chi connectivity index (χ2n) is 9.75. The van der Waals surface area contributed by atoms with Gasteiger partial charge < -0.3 is 15.1 Å². The molecule has 0 aliphatic carbocycles. The maximum atomic E-state index is 12.7. The minimum atomic E-state index is -0.329. The van der Waals surface area contributed by atoms with Gasteiger partial charge in [-0.3, -0.25) is 23.6 Å². The molecule has 3 heterocycles. The van der Waals surface area contributed by atoms with E-state index >= 15 is 0 Å². The minimum Gasteiger partial charge on any atom is -0.358 e. The predicted molar refractivity (Wildman–Crippen MR) is 138 cm³/mol. The van der Waals surface area contributed by atoms with Gasteiger partial charge >= 0.3 is 5.69 Å². The molecule has 0 bridgehead atoms. The number of anilines is 1. The van der Waals surface area contributed by atoms with E-state index in [2.05, 4.69) is 45.4 Å². The van der Waals surface area contributed by atoms with Gasteiger partial charge in [0.15, 0.2) is 0 Å². The topological polar surface area (TPSA) is 82.8 Å². The average Bonchev–Trinajstić information content (AvgIpc) is 2.89. The lowest BCUT2D eigenvalue weighted by atomic mass is 9.96. The molecular weight excluding hydrogens is 444 g/mol. The van der Waals surface area contributed by atoms with E-state index in [9.17, 15) is 14.4 Å². The normalized spacial score (nSPS) is 18.1. The predicted octanol–water partition coefficient (Wildman–Crippen LogP) is 0.625. The van der Waals surface area contributed by atoms with E-state index in [-0.39, 0.29) is 23.1 Å². The van der Waals surface area contributed by atoms with Crippen molar-refractivity contribution in [2.24, 2.45) is 20.0 Å². The fourth-order valence-electron chi connectivity index (χ4n) is 5.07. The molecule has 0 unspecified atom stereocenters. The summed E-state index contributed by atoms with van der Waals surface area (Å²) >= 11 is 0. The third-order valence-electron chi connectivity index (χ3n) is 7.35.